The quantitative estimate of drug-likeness (QED) is 0.756. The molecular weight excluding hydrogens is 174 g/mol. The maximum atomic E-state index is 5.71. The zero-order chi connectivity index (χ0) is 9.97. The van der Waals surface area contributed by atoms with Gasteiger partial charge in [0.05, 0.1) is 11.7 Å². The summed E-state index contributed by atoms with van der Waals surface area (Å²) in [5.41, 5.74) is 7.76. The van der Waals surface area contributed by atoms with Crippen LogP contribution in [0.5, 0.6) is 0 Å². The molecule has 0 fully saturated rings. The lowest BCUT2D eigenvalue weighted by atomic mass is 10.2. The van der Waals surface area contributed by atoms with Gasteiger partial charge in [-0.05, 0) is 6.92 Å². The van der Waals surface area contributed by atoms with Crippen molar-refractivity contribution in [3.05, 3.63) is 42.4 Å². The first kappa shape index (κ1) is 8.97. The fraction of sp³-hybridized carbons (Fsp3) is 0.182. The standard InChI is InChI=1S/C11H13N3/c1-8(12)11-13-7-10(14-11)9-5-3-2-4-6-9/h2-8H,12H2,1H3,(H,13,14). The average molecular weight is 187 g/mol. The minimum Gasteiger partial charge on any atom is -0.347 e. The van der Waals surface area contributed by atoms with Crippen molar-refractivity contribution in [2.75, 3.05) is 0 Å². The molecule has 0 aliphatic carbocycles. The molecule has 0 aliphatic heterocycles. The van der Waals surface area contributed by atoms with Gasteiger partial charge in [0.2, 0.25) is 0 Å². The Kier molecular flexibility index (Phi) is 2.33. The van der Waals surface area contributed by atoms with Crippen molar-refractivity contribution in [2.45, 2.75) is 13.0 Å². The number of benzene rings is 1. The monoisotopic (exact) mass is 187 g/mol. The molecule has 1 aromatic carbocycles. The Hall–Kier alpha value is -1.61. The summed E-state index contributed by atoms with van der Waals surface area (Å²) in [5, 5.41) is 0. The van der Waals surface area contributed by atoms with Crippen molar-refractivity contribution >= 4 is 0 Å². The van der Waals surface area contributed by atoms with Gasteiger partial charge in [-0.1, -0.05) is 30.3 Å². The molecule has 0 aliphatic rings. The third-order valence-corrected chi connectivity index (χ3v) is 2.10. The third-order valence-electron chi connectivity index (χ3n) is 2.10. The maximum Gasteiger partial charge on any atom is 0.123 e. The molecule has 2 aromatic rings. The second-order valence-corrected chi connectivity index (χ2v) is 3.33. The summed E-state index contributed by atoms with van der Waals surface area (Å²) in [5.74, 6) is 0.823. The van der Waals surface area contributed by atoms with Crippen LogP contribution in [0, 0.1) is 0 Å². The van der Waals surface area contributed by atoms with Crippen LogP contribution < -0.4 is 5.73 Å². The minimum absolute atomic E-state index is 0.0486. The zero-order valence-corrected chi connectivity index (χ0v) is 8.07. The Morgan fingerprint density at radius 3 is 2.57 bits per heavy atom. The summed E-state index contributed by atoms with van der Waals surface area (Å²) >= 11 is 0. The molecule has 0 bridgehead atoms. The lowest BCUT2D eigenvalue weighted by molar-refractivity contribution is 0.756. The van der Waals surface area contributed by atoms with Gasteiger partial charge < -0.3 is 10.7 Å². The smallest absolute Gasteiger partial charge is 0.123 e. The zero-order valence-electron chi connectivity index (χ0n) is 8.07. The van der Waals surface area contributed by atoms with Crippen molar-refractivity contribution in [2.24, 2.45) is 5.73 Å². The van der Waals surface area contributed by atoms with Crippen molar-refractivity contribution in [3.8, 4) is 11.3 Å². The second-order valence-electron chi connectivity index (χ2n) is 3.33. The molecule has 1 atom stereocenters. The lowest BCUT2D eigenvalue weighted by Crippen LogP contribution is -2.06. The van der Waals surface area contributed by atoms with E-state index in [-0.39, 0.29) is 6.04 Å². The molecule has 1 heterocycles. The highest BCUT2D eigenvalue weighted by molar-refractivity contribution is 5.58. The Morgan fingerprint density at radius 2 is 2.00 bits per heavy atom. The lowest BCUT2D eigenvalue weighted by Gasteiger charge is -1.97. The molecule has 14 heavy (non-hydrogen) atoms. The van der Waals surface area contributed by atoms with Crippen LogP contribution in [0.2, 0.25) is 0 Å². The molecule has 2 rings (SSSR count). The molecular formula is C11H13N3. The van der Waals surface area contributed by atoms with Gasteiger partial charge in [0.1, 0.15) is 5.82 Å². The van der Waals surface area contributed by atoms with E-state index in [1.54, 1.807) is 0 Å². The summed E-state index contributed by atoms with van der Waals surface area (Å²) in [6.45, 7) is 1.91. The Bertz CT molecular complexity index is 403. The van der Waals surface area contributed by atoms with E-state index in [1.807, 2.05) is 43.5 Å². The van der Waals surface area contributed by atoms with Gasteiger partial charge in [0, 0.05) is 11.8 Å². The van der Waals surface area contributed by atoms with Crippen LogP contribution in [0.1, 0.15) is 18.8 Å². The number of hydrogen-bond acceptors (Lipinski definition) is 2. The van der Waals surface area contributed by atoms with Gasteiger partial charge in [-0.15, -0.1) is 0 Å². The van der Waals surface area contributed by atoms with Gasteiger partial charge in [-0.3, -0.25) is 0 Å². The average Bonchev–Trinajstić information content (AvgIpc) is 2.68. The highest BCUT2D eigenvalue weighted by Gasteiger charge is 2.05. The Morgan fingerprint density at radius 1 is 1.29 bits per heavy atom. The highest BCUT2D eigenvalue weighted by atomic mass is 14.9. The first-order valence-electron chi connectivity index (χ1n) is 4.63. The largest absolute Gasteiger partial charge is 0.347 e. The molecule has 0 radical (unpaired) electrons. The first-order valence-corrected chi connectivity index (χ1v) is 4.63. The normalized spacial score (nSPS) is 12.7. The fourth-order valence-electron chi connectivity index (χ4n) is 1.33. The topological polar surface area (TPSA) is 54.7 Å². The van der Waals surface area contributed by atoms with E-state index in [2.05, 4.69) is 9.97 Å². The van der Waals surface area contributed by atoms with Gasteiger partial charge in [-0.25, -0.2) is 4.98 Å². The minimum atomic E-state index is -0.0486. The number of nitrogens with two attached hydrogens (primary N) is 1. The van der Waals surface area contributed by atoms with Crippen LogP contribution in [0.15, 0.2) is 36.5 Å². The number of aromatic nitrogens is 2. The van der Waals surface area contributed by atoms with Crippen molar-refractivity contribution in [1.29, 1.82) is 0 Å². The number of nitrogens with zero attached hydrogens (tertiary/aromatic N) is 1. The molecule has 3 heteroatoms. The maximum absolute atomic E-state index is 5.71. The SMILES string of the molecule is CC(N)c1nc(-c2ccccc2)c[nH]1. The third kappa shape index (κ3) is 1.67. The van der Waals surface area contributed by atoms with Gasteiger partial charge in [0.15, 0.2) is 0 Å². The van der Waals surface area contributed by atoms with Crippen LogP contribution in [-0.4, -0.2) is 9.97 Å². The number of H-pyrrole nitrogens is 1. The highest BCUT2D eigenvalue weighted by Crippen LogP contribution is 2.17. The van der Waals surface area contributed by atoms with Crippen molar-refractivity contribution < 1.29 is 0 Å². The van der Waals surface area contributed by atoms with Crippen molar-refractivity contribution in [3.63, 3.8) is 0 Å². The number of nitrogens with one attached hydrogen (secondary N) is 1. The van der Waals surface area contributed by atoms with Crippen molar-refractivity contribution in [1.82, 2.24) is 9.97 Å². The summed E-state index contributed by atoms with van der Waals surface area (Å²) in [7, 11) is 0. The molecule has 0 saturated carbocycles. The van der Waals surface area contributed by atoms with Crippen LogP contribution in [-0.2, 0) is 0 Å². The van der Waals surface area contributed by atoms with Crippen LogP contribution in [0.25, 0.3) is 11.3 Å². The molecule has 1 unspecified atom stereocenters. The molecule has 0 saturated heterocycles. The van der Waals surface area contributed by atoms with E-state index in [4.69, 9.17) is 5.73 Å². The van der Waals surface area contributed by atoms with Gasteiger partial charge in [0.25, 0.3) is 0 Å². The summed E-state index contributed by atoms with van der Waals surface area (Å²) < 4.78 is 0. The van der Waals surface area contributed by atoms with Crippen LogP contribution >= 0.6 is 0 Å². The predicted molar refractivity (Wildman–Crippen MR) is 56.6 cm³/mol. The number of imidazole rings is 1. The predicted octanol–water partition coefficient (Wildman–Crippen LogP) is 2.10. The van der Waals surface area contributed by atoms with E-state index in [0.29, 0.717) is 0 Å². The second kappa shape index (κ2) is 3.64. The summed E-state index contributed by atoms with van der Waals surface area (Å²) in [6, 6.07) is 9.99. The molecule has 0 spiro atoms. The molecule has 0 amide bonds. The Balaban J connectivity index is 2.34. The molecule has 3 N–H and O–H groups in total. The van der Waals surface area contributed by atoms with E-state index in [0.717, 1.165) is 17.1 Å². The van der Waals surface area contributed by atoms with Crippen LogP contribution in [0.3, 0.4) is 0 Å². The molecule has 3 nitrogen and oxygen atoms in total. The number of rotatable bonds is 2. The van der Waals surface area contributed by atoms with E-state index < -0.39 is 0 Å². The number of aromatic amines is 1. The summed E-state index contributed by atoms with van der Waals surface area (Å²) in [4.78, 5) is 7.47. The Labute approximate surface area is 83.0 Å². The van der Waals surface area contributed by atoms with E-state index in [1.165, 1.54) is 0 Å². The van der Waals surface area contributed by atoms with Gasteiger partial charge >= 0.3 is 0 Å². The van der Waals surface area contributed by atoms with E-state index in [9.17, 15) is 0 Å². The molecule has 72 valence electrons. The fourth-order valence-corrected chi connectivity index (χ4v) is 1.33. The first-order chi connectivity index (χ1) is 6.77. The van der Waals surface area contributed by atoms with E-state index >= 15 is 0 Å². The summed E-state index contributed by atoms with van der Waals surface area (Å²) in [6.07, 6.45) is 1.88. The molecule has 1 aromatic heterocycles. The van der Waals surface area contributed by atoms with Crippen LogP contribution in [0.4, 0.5) is 0 Å². The number of hydrogen-bond donors (Lipinski definition) is 2. The van der Waals surface area contributed by atoms with Gasteiger partial charge in [-0.2, -0.15) is 0 Å².